The summed E-state index contributed by atoms with van der Waals surface area (Å²) in [4.78, 5) is 40.6. The summed E-state index contributed by atoms with van der Waals surface area (Å²) in [7, 11) is 0. The van der Waals surface area contributed by atoms with E-state index in [1.165, 1.54) is 0 Å². The van der Waals surface area contributed by atoms with Gasteiger partial charge >= 0.3 is 0 Å². The van der Waals surface area contributed by atoms with E-state index in [0.717, 1.165) is 43.0 Å². The van der Waals surface area contributed by atoms with Crippen LogP contribution in [0.1, 0.15) is 34.3 Å². The van der Waals surface area contributed by atoms with Gasteiger partial charge in [0.05, 0.1) is 24.3 Å². The highest BCUT2D eigenvalue weighted by Crippen LogP contribution is 2.33. The molecular formula is C23H24N6O3. The van der Waals surface area contributed by atoms with Crippen LogP contribution in [-0.4, -0.2) is 69.0 Å². The van der Waals surface area contributed by atoms with Gasteiger partial charge in [0.15, 0.2) is 0 Å². The lowest BCUT2D eigenvalue weighted by molar-refractivity contribution is -0.136. The summed E-state index contributed by atoms with van der Waals surface area (Å²) in [5, 5.41) is 10.2. The van der Waals surface area contributed by atoms with E-state index in [-0.39, 0.29) is 18.2 Å². The maximum atomic E-state index is 12.9. The van der Waals surface area contributed by atoms with Crippen molar-refractivity contribution in [2.75, 3.05) is 25.0 Å². The van der Waals surface area contributed by atoms with Gasteiger partial charge < -0.3 is 10.2 Å². The van der Waals surface area contributed by atoms with Gasteiger partial charge in [-0.05, 0) is 18.6 Å². The summed E-state index contributed by atoms with van der Waals surface area (Å²) < 4.78 is 1.86. The third-order valence-corrected chi connectivity index (χ3v) is 6.34. The minimum atomic E-state index is -0.600. The van der Waals surface area contributed by atoms with Crippen LogP contribution in [0.4, 0.5) is 5.69 Å². The Bertz CT molecular complexity index is 1130. The van der Waals surface area contributed by atoms with Gasteiger partial charge in [-0.2, -0.15) is 5.10 Å². The third kappa shape index (κ3) is 3.74. The molecule has 1 aromatic carbocycles. The third-order valence-electron chi connectivity index (χ3n) is 6.34. The van der Waals surface area contributed by atoms with Gasteiger partial charge in [-0.3, -0.25) is 29.3 Å². The number of amides is 3. The molecule has 5 rings (SSSR count). The first-order valence-electron chi connectivity index (χ1n) is 10.8. The summed E-state index contributed by atoms with van der Waals surface area (Å²) in [6.07, 6.45) is 9.56. The van der Waals surface area contributed by atoms with Crippen molar-refractivity contribution in [2.24, 2.45) is 0 Å². The number of rotatable bonds is 6. The molecule has 3 aliphatic rings. The normalized spacial score (nSPS) is 21.2. The van der Waals surface area contributed by atoms with Gasteiger partial charge in [0.1, 0.15) is 6.04 Å². The molecule has 2 saturated heterocycles. The molecule has 0 spiro atoms. The SMILES string of the molecule is C#Cc1cnn(CCN2CC(Nc3cccc4c3CN(C3CCC(=O)NC3=O)C4=O)C2)c1. The predicted molar refractivity (Wildman–Crippen MR) is 116 cm³/mol. The van der Waals surface area contributed by atoms with E-state index in [1.54, 1.807) is 17.2 Å². The topological polar surface area (TPSA) is 99.6 Å². The van der Waals surface area contributed by atoms with Crippen LogP contribution < -0.4 is 10.6 Å². The largest absolute Gasteiger partial charge is 0.379 e. The summed E-state index contributed by atoms with van der Waals surface area (Å²) in [6.45, 7) is 3.84. The van der Waals surface area contributed by atoms with Crippen LogP contribution in [0.5, 0.6) is 0 Å². The van der Waals surface area contributed by atoms with Crippen molar-refractivity contribution in [2.45, 2.75) is 38.0 Å². The number of terminal acetylenes is 1. The van der Waals surface area contributed by atoms with E-state index in [0.29, 0.717) is 24.6 Å². The number of likely N-dealkylation sites (tertiary alicyclic amines) is 1. The molecule has 1 unspecified atom stereocenters. The molecule has 0 aliphatic carbocycles. The highest BCUT2D eigenvalue weighted by molar-refractivity contribution is 6.06. The second kappa shape index (κ2) is 8.13. The number of anilines is 1. The monoisotopic (exact) mass is 432 g/mol. The van der Waals surface area contributed by atoms with E-state index in [1.807, 2.05) is 23.0 Å². The lowest BCUT2D eigenvalue weighted by Crippen LogP contribution is -2.55. The molecule has 3 aliphatic heterocycles. The van der Waals surface area contributed by atoms with E-state index >= 15 is 0 Å². The molecule has 2 aromatic rings. The molecule has 3 amide bonds. The van der Waals surface area contributed by atoms with Crippen LogP contribution in [0, 0.1) is 12.3 Å². The first-order valence-corrected chi connectivity index (χ1v) is 10.8. The van der Waals surface area contributed by atoms with E-state index < -0.39 is 11.9 Å². The zero-order chi connectivity index (χ0) is 22.2. The standard InChI is InChI=1S/C23H24N6O3/c1-2-15-10-24-28(11-15)9-8-27-12-16(13-27)25-19-5-3-4-17-18(19)14-29(23(17)32)20-6-7-21(30)26-22(20)31/h1,3-5,10-11,16,20,25H,6-9,12-14H2,(H,26,30,31). The van der Waals surface area contributed by atoms with E-state index in [2.05, 4.69) is 26.6 Å². The molecule has 2 N–H and O–H groups in total. The first-order chi connectivity index (χ1) is 15.5. The smallest absolute Gasteiger partial charge is 0.255 e. The highest BCUT2D eigenvalue weighted by Gasteiger charge is 2.40. The van der Waals surface area contributed by atoms with Crippen molar-refractivity contribution in [1.29, 1.82) is 0 Å². The molecule has 0 radical (unpaired) electrons. The minimum absolute atomic E-state index is 0.154. The Morgan fingerprint density at radius 2 is 2.06 bits per heavy atom. The van der Waals surface area contributed by atoms with Crippen molar-refractivity contribution in [3.63, 3.8) is 0 Å². The van der Waals surface area contributed by atoms with Crippen LogP contribution in [0.3, 0.4) is 0 Å². The summed E-state index contributed by atoms with van der Waals surface area (Å²) in [5.41, 5.74) is 3.26. The average Bonchev–Trinajstić information content (AvgIpc) is 3.35. The zero-order valence-electron chi connectivity index (χ0n) is 17.6. The second-order valence-electron chi connectivity index (χ2n) is 8.47. The average molecular weight is 432 g/mol. The van der Waals surface area contributed by atoms with Gasteiger partial charge in [-0.1, -0.05) is 12.0 Å². The van der Waals surface area contributed by atoms with Crippen LogP contribution in [0.15, 0.2) is 30.6 Å². The minimum Gasteiger partial charge on any atom is -0.379 e. The maximum absolute atomic E-state index is 12.9. The fraction of sp³-hybridized carbons (Fsp3) is 0.391. The molecule has 9 nitrogen and oxygen atoms in total. The Labute approximate surface area is 185 Å². The van der Waals surface area contributed by atoms with Crippen molar-refractivity contribution in [1.82, 2.24) is 24.9 Å². The number of carbonyl (C=O) groups excluding carboxylic acids is 3. The lowest BCUT2D eigenvalue weighted by Gasteiger charge is -2.40. The number of aromatic nitrogens is 2. The molecule has 32 heavy (non-hydrogen) atoms. The summed E-state index contributed by atoms with van der Waals surface area (Å²) in [5.74, 6) is 1.75. The lowest BCUT2D eigenvalue weighted by atomic mass is 10.0. The number of nitrogens with zero attached hydrogens (tertiary/aromatic N) is 4. The molecule has 4 heterocycles. The summed E-state index contributed by atoms with van der Waals surface area (Å²) in [6, 6.07) is 5.34. The van der Waals surface area contributed by atoms with Crippen LogP contribution in [-0.2, 0) is 22.7 Å². The molecule has 1 aromatic heterocycles. The number of piperidine rings is 1. The Morgan fingerprint density at radius 1 is 1.22 bits per heavy atom. The number of fused-ring (bicyclic) bond motifs is 1. The van der Waals surface area contributed by atoms with E-state index in [9.17, 15) is 14.4 Å². The van der Waals surface area contributed by atoms with Gasteiger partial charge in [0.25, 0.3) is 5.91 Å². The summed E-state index contributed by atoms with van der Waals surface area (Å²) >= 11 is 0. The van der Waals surface area contributed by atoms with Gasteiger partial charge in [-0.15, -0.1) is 6.42 Å². The fourth-order valence-electron chi connectivity index (χ4n) is 4.59. The fourth-order valence-corrected chi connectivity index (χ4v) is 4.59. The van der Waals surface area contributed by atoms with Crippen LogP contribution in [0.2, 0.25) is 0 Å². The van der Waals surface area contributed by atoms with Crippen molar-refractivity contribution < 1.29 is 14.4 Å². The van der Waals surface area contributed by atoms with Gasteiger partial charge in [-0.25, -0.2) is 0 Å². The Morgan fingerprint density at radius 3 is 2.81 bits per heavy atom. The molecular weight excluding hydrogens is 408 g/mol. The number of hydrogen-bond donors (Lipinski definition) is 2. The Balaban J connectivity index is 1.18. The zero-order valence-corrected chi connectivity index (χ0v) is 17.6. The molecule has 0 bridgehead atoms. The Kier molecular flexibility index (Phi) is 5.15. The molecule has 9 heteroatoms. The number of imide groups is 1. The molecule has 2 fully saturated rings. The van der Waals surface area contributed by atoms with Crippen LogP contribution >= 0.6 is 0 Å². The van der Waals surface area contributed by atoms with Gasteiger partial charge in [0, 0.05) is 55.6 Å². The maximum Gasteiger partial charge on any atom is 0.255 e. The van der Waals surface area contributed by atoms with Gasteiger partial charge in [0.2, 0.25) is 11.8 Å². The molecule has 164 valence electrons. The van der Waals surface area contributed by atoms with Crippen molar-refractivity contribution >= 4 is 23.4 Å². The Hall–Kier alpha value is -3.64. The second-order valence-corrected chi connectivity index (χ2v) is 8.47. The highest BCUT2D eigenvalue weighted by atomic mass is 16.2. The first kappa shape index (κ1) is 20.3. The van der Waals surface area contributed by atoms with Crippen molar-refractivity contribution in [3.05, 3.63) is 47.3 Å². The number of hydrogen-bond acceptors (Lipinski definition) is 6. The van der Waals surface area contributed by atoms with E-state index in [4.69, 9.17) is 6.42 Å². The molecule has 1 atom stereocenters. The van der Waals surface area contributed by atoms with Crippen molar-refractivity contribution in [3.8, 4) is 12.3 Å². The quantitative estimate of drug-likeness (QED) is 0.507. The number of nitrogens with one attached hydrogen (secondary N) is 2. The van der Waals surface area contributed by atoms with Crippen LogP contribution in [0.25, 0.3) is 0 Å². The predicted octanol–water partition coefficient (Wildman–Crippen LogP) is 0.422. The number of carbonyl (C=O) groups is 3. The number of benzene rings is 1. The molecule has 0 saturated carbocycles.